The van der Waals surface area contributed by atoms with Crippen molar-refractivity contribution in [3.05, 3.63) is 48.5 Å². The van der Waals surface area contributed by atoms with E-state index in [2.05, 4.69) is 53.2 Å². The Balaban J connectivity index is 2.20. The van der Waals surface area contributed by atoms with Gasteiger partial charge < -0.3 is 0 Å². The third kappa shape index (κ3) is 1.64. The maximum atomic E-state index is 2.49. The van der Waals surface area contributed by atoms with Gasteiger partial charge in [-0.1, -0.05) is 0 Å². The molecule has 1 aliphatic rings. The van der Waals surface area contributed by atoms with Gasteiger partial charge in [-0.25, -0.2) is 0 Å². The Kier molecular flexibility index (Phi) is 2.58. The monoisotopic (exact) mass is 408 g/mol. The van der Waals surface area contributed by atoms with Crippen LogP contribution in [0.3, 0.4) is 0 Å². The van der Waals surface area contributed by atoms with Crippen molar-refractivity contribution in [3.8, 4) is 0 Å². The number of rotatable bonds is 0. The van der Waals surface area contributed by atoms with Crippen LogP contribution in [0, 0.1) is 0 Å². The van der Waals surface area contributed by atoms with Gasteiger partial charge in [0.25, 0.3) is 0 Å². The molecular weight excluding hydrogens is 397 g/mol. The van der Waals surface area contributed by atoms with Crippen molar-refractivity contribution in [1.82, 2.24) is 0 Å². The zero-order valence-electron chi connectivity index (χ0n) is 8.47. The molecule has 0 atom stereocenters. The van der Waals surface area contributed by atoms with Crippen molar-refractivity contribution in [2.24, 2.45) is 0 Å². The van der Waals surface area contributed by atoms with Crippen molar-refractivity contribution in [2.75, 3.05) is 0 Å². The first-order valence-electron chi connectivity index (χ1n) is 4.96. The van der Waals surface area contributed by atoms with Crippen LogP contribution in [-0.4, -0.2) is 21.8 Å². The van der Waals surface area contributed by atoms with Crippen LogP contribution in [0.5, 0.6) is 0 Å². The summed E-state index contributed by atoms with van der Waals surface area (Å²) in [6, 6.07) is 17.9. The Morgan fingerprint density at radius 1 is 0.800 bits per heavy atom. The third-order valence-corrected chi connectivity index (χ3v) is 13.7. The molecule has 3 rings (SSSR count). The van der Waals surface area contributed by atoms with Gasteiger partial charge in [-0.15, -0.1) is 0 Å². The Morgan fingerprint density at radius 2 is 1.27 bits per heavy atom. The third-order valence-electron chi connectivity index (χ3n) is 2.67. The second-order valence-corrected chi connectivity index (χ2v) is 12.8. The molecule has 0 aromatic heterocycles. The maximum absolute atomic E-state index is 2.49. The molecule has 0 spiro atoms. The minimum absolute atomic E-state index is 1.50. The average Bonchev–Trinajstić information content (AvgIpc) is 2.30. The first-order chi connectivity index (χ1) is 7.36. The summed E-state index contributed by atoms with van der Waals surface area (Å²) in [6.45, 7) is 0. The Bertz CT molecular complexity index is 462. The first kappa shape index (κ1) is 9.87. The zero-order valence-corrected chi connectivity index (χ0v) is 12.8. The van der Waals surface area contributed by atoms with E-state index in [0.717, 1.165) is 0 Å². The molecule has 2 aromatic rings. The van der Waals surface area contributed by atoms with Gasteiger partial charge in [0.15, 0.2) is 0 Å². The number of benzene rings is 2. The van der Waals surface area contributed by atoms with Gasteiger partial charge in [-0.3, -0.25) is 0 Å². The second kappa shape index (κ2) is 3.92. The molecule has 0 radical (unpaired) electrons. The molecule has 2 heteroatoms. The molecule has 0 bridgehead atoms. The molecule has 0 saturated heterocycles. The van der Waals surface area contributed by atoms with Crippen LogP contribution in [0.15, 0.2) is 58.3 Å². The number of hydrogen-bond acceptors (Lipinski definition) is 1. The fourth-order valence-electron chi connectivity index (χ4n) is 1.89. The molecule has 0 unspecified atom stereocenters. The van der Waals surface area contributed by atoms with Crippen LogP contribution < -0.4 is 6.54 Å². The molecular formula is C13H11BiS. The second-order valence-electron chi connectivity index (χ2n) is 3.60. The van der Waals surface area contributed by atoms with E-state index in [1.54, 1.807) is 6.54 Å². The van der Waals surface area contributed by atoms with Crippen molar-refractivity contribution in [2.45, 2.75) is 14.4 Å². The number of fused-ring (bicyclic) bond motifs is 2. The van der Waals surface area contributed by atoms with Gasteiger partial charge >= 0.3 is 103 Å². The van der Waals surface area contributed by atoms with Crippen LogP contribution in [0.1, 0.15) is 0 Å². The van der Waals surface area contributed by atoms with Crippen molar-refractivity contribution in [1.29, 1.82) is 0 Å². The fraction of sp³-hybridized carbons (Fsp3) is 0.0769. The summed E-state index contributed by atoms with van der Waals surface area (Å²) in [5.74, 6) is 0. The van der Waals surface area contributed by atoms with E-state index in [9.17, 15) is 0 Å². The quantitative estimate of drug-likeness (QED) is 0.604. The molecule has 0 aliphatic carbocycles. The molecule has 74 valence electrons. The molecule has 2 aromatic carbocycles. The van der Waals surface area contributed by atoms with Gasteiger partial charge in [0.1, 0.15) is 0 Å². The Morgan fingerprint density at radius 3 is 1.80 bits per heavy atom. The normalized spacial score (nSPS) is 14.5. The van der Waals surface area contributed by atoms with Crippen LogP contribution in [0.2, 0.25) is 4.63 Å². The molecule has 0 saturated carbocycles. The molecule has 0 N–H and O–H groups in total. The van der Waals surface area contributed by atoms with E-state index in [-0.39, 0.29) is 0 Å². The van der Waals surface area contributed by atoms with Gasteiger partial charge in [0.05, 0.1) is 0 Å². The van der Waals surface area contributed by atoms with E-state index in [1.165, 1.54) is 9.79 Å². The molecule has 0 nitrogen and oxygen atoms in total. The van der Waals surface area contributed by atoms with Crippen molar-refractivity contribution < 1.29 is 0 Å². The number of hydrogen-bond donors (Lipinski definition) is 0. The van der Waals surface area contributed by atoms with Gasteiger partial charge in [0.2, 0.25) is 0 Å². The summed E-state index contributed by atoms with van der Waals surface area (Å²) in [4.78, 5) is 2.99. The summed E-state index contributed by atoms with van der Waals surface area (Å²) < 4.78 is 5.82. The van der Waals surface area contributed by atoms with E-state index < -0.39 is 21.8 Å². The zero-order chi connectivity index (χ0) is 10.3. The van der Waals surface area contributed by atoms with Gasteiger partial charge in [-0.2, -0.15) is 0 Å². The SMILES string of the molecule is [CH3][Bi]1[c]2ccccc2Sc2cccc[c]21. The molecule has 1 heterocycles. The van der Waals surface area contributed by atoms with E-state index in [1.807, 2.05) is 11.8 Å². The van der Waals surface area contributed by atoms with Crippen LogP contribution in [0.4, 0.5) is 0 Å². The Labute approximate surface area is 102 Å². The summed E-state index contributed by atoms with van der Waals surface area (Å²) in [5, 5.41) is 0. The molecule has 0 amide bonds. The van der Waals surface area contributed by atoms with Gasteiger partial charge in [-0.05, 0) is 0 Å². The van der Waals surface area contributed by atoms with E-state index in [0.29, 0.717) is 0 Å². The average molecular weight is 408 g/mol. The minimum atomic E-state index is -1.58. The van der Waals surface area contributed by atoms with Crippen LogP contribution in [0.25, 0.3) is 0 Å². The summed E-state index contributed by atoms with van der Waals surface area (Å²) in [6.07, 6.45) is 0. The van der Waals surface area contributed by atoms with E-state index >= 15 is 0 Å². The summed E-state index contributed by atoms with van der Waals surface area (Å²) in [5.41, 5.74) is 0. The predicted molar refractivity (Wildman–Crippen MR) is 67.9 cm³/mol. The molecule has 15 heavy (non-hydrogen) atoms. The summed E-state index contributed by atoms with van der Waals surface area (Å²) >= 11 is 0.356. The van der Waals surface area contributed by atoms with E-state index in [4.69, 9.17) is 0 Å². The molecule has 1 aliphatic heterocycles. The summed E-state index contributed by atoms with van der Waals surface area (Å²) in [7, 11) is 0. The van der Waals surface area contributed by atoms with Crippen LogP contribution >= 0.6 is 11.8 Å². The topological polar surface area (TPSA) is 0 Å². The van der Waals surface area contributed by atoms with Crippen molar-refractivity contribution >= 4 is 40.1 Å². The van der Waals surface area contributed by atoms with Crippen LogP contribution in [-0.2, 0) is 0 Å². The van der Waals surface area contributed by atoms with Gasteiger partial charge in [0, 0.05) is 0 Å². The predicted octanol–water partition coefficient (Wildman–Crippen LogP) is 2.39. The van der Waals surface area contributed by atoms with Crippen molar-refractivity contribution in [3.63, 3.8) is 0 Å². The first-order valence-corrected chi connectivity index (χ1v) is 12.7. The molecule has 0 fully saturated rings. The fourth-order valence-corrected chi connectivity index (χ4v) is 12.8. The Hall–Kier alpha value is -0.327. The standard InChI is InChI=1S/C12H8S.CH3.Bi/c1-3-7-11(8-4-1)13-12-9-5-2-6-10-12;;/h1-7,9H;1H3;.